The van der Waals surface area contributed by atoms with Crippen LogP contribution in [0.15, 0.2) is 35.1 Å². The number of aromatic nitrogens is 3. The van der Waals surface area contributed by atoms with Gasteiger partial charge in [-0.15, -0.1) is 0 Å². The Bertz CT molecular complexity index is 1060. The molecule has 0 spiro atoms. The summed E-state index contributed by atoms with van der Waals surface area (Å²) in [4.78, 5) is 18.3. The number of rotatable bonds is 4. The van der Waals surface area contributed by atoms with E-state index in [-0.39, 0.29) is 11.6 Å². The Morgan fingerprint density at radius 2 is 1.93 bits per heavy atom. The maximum Gasteiger partial charge on any atom is 0.210 e. The van der Waals surface area contributed by atoms with Gasteiger partial charge in [0.15, 0.2) is 17.1 Å². The third kappa shape index (κ3) is 2.92. The average molecular weight is 445 g/mol. The molecule has 1 atom stereocenters. The van der Waals surface area contributed by atoms with Crippen LogP contribution in [0, 0.1) is 0 Å². The van der Waals surface area contributed by atoms with Gasteiger partial charge in [0, 0.05) is 24.0 Å². The molecule has 1 aliphatic rings. The van der Waals surface area contributed by atoms with Gasteiger partial charge in [-0.1, -0.05) is 0 Å². The molecule has 146 valence electrons. The van der Waals surface area contributed by atoms with Crippen molar-refractivity contribution in [1.82, 2.24) is 19.5 Å². The van der Waals surface area contributed by atoms with Gasteiger partial charge in [0.05, 0.1) is 24.4 Å². The lowest BCUT2D eigenvalue weighted by Gasteiger charge is -2.46. The zero-order valence-corrected chi connectivity index (χ0v) is 17.7. The van der Waals surface area contributed by atoms with Crippen LogP contribution in [0.3, 0.4) is 0 Å². The van der Waals surface area contributed by atoms with Gasteiger partial charge in [-0.05, 0) is 59.5 Å². The number of methoxy groups -OCH3 is 2. The Kier molecular flexibility index (Phi) is 4.53. The molecule has 1 aliphatic heterocycles. The monoisotopic (exact) mass is 444 g/mol. The second-order valence-corrected chi connectivity index (χ2v) is 8.37. The molecule has 7 nitrogen and oxygen atoms in total. The van der Waals surface area contributed by atoms with E-state index in [9.17, 15) is 4.79 Å². The largest absolute Gasteiger partial charge is 0.493 e. The molecule has 0 N–H and O–H groups in total. The van der Waals surface area contributed by atoms with Crippen molar-refractivity contribution >= 4 is 28.0 Å². The maximum atomic E-state index is 12.1. The highest BCUT2D eigenvalue weighted by Crippen LogP contribution is 2.45. The molecule has 1 amide bonds. The average Bonchev–Trinajstić information content (AvgIpc) is 3.07. The summed E-state index contributed by atoms with van der Waals surface area (Å²) in [5, 5.41) is 4.71. The van der Waals surface area contributed by atoms with Crippen molar-refractivity contribution in [3.63, 3.8) is 0 Å². The molecule has 0 saturated heterocycles. The number of hydrogen-bond donors (Lipinski definition) is 0. The summed E-state index contributed by atoms with van der Waals surface area (Å²) < 4.78 is 13.5. The van der Waals surface area contributed by atoms with Gasteiger partial charge in [-0.3, -0.25) is 4.79 Å². The fourth-order valence-corrected chi connectivity index (χ4v) is 4.21. The van der Waals surface area contributed by atoms with Crippen LogP contribution in [0.2, 0.25) is 0 Å². The van der Waals surface area contributed by atoms with Gasteiger partial charge in [0.1, 0.15) is 6.04 Å². The summed E-state index contributed by atoms with van der Waals surface area (Å²) >= 11 is 3.42. The molecule has 0 bridgehead atoms. The predicted molar refractivity (Wildman–Crippen MR) is 108 cm³/mol. The van der Waals surface area contributed by atoms with E-state index in [0.29, 0.717) is 17.9 Å². The molecule has 1 unspecified atom stereocenters. The molecule has 0 aliphatic carbocycles. The molecule has 28 heavy (non-hydrogen) atoms. The summed E-state index contributed by atoms with van der Waals surface area (Å²) in [7, 11) is 3.23. The zero-order valence-electron chi connectivity index (χ0n) is 16.1. The molecule has 1 aromatic carbocycles. The topological polar surface area (TPSA) is 69.0 Å². The predicted octanol–water partition coefficient (Wildman–Crippen LogP) is 3.39. The number of amides is 1. The van der Waals surface area contributed by atoms with Crippen LogP contribution in [0.25, 0.3) is 5.65 Å². The van der Waals surface area contributed by atoms with Crippen molar-refractivity contribution in [3.8, 4) is 11.5 Å². The van der Waals surface area contributed by atoms with Crippen LogP contribution >= 0.6 is 15.9 Å². The Labute approximate surface area is 171 Å². The van der Waals surface area contributed by atoms with Crippen LogP contribution < -0.4 is 9.47 Å². The van der Waals surface area contributed by atoms with Crippen molar-refractivity contribution in [2.75, 3.05) is 14.2 Å². The first-order chi connectivity index (χ1) is 13.4. The number of nitrogens with zero attached hydrogens (tertiary/aromatic N) is 4. The van der Waals surface area contributed by atoms with E-state index in [1.807, 2.05) is 29.3 Å². The van der Waals surface area contributed by atoms with E-state index < -0.39 is 0 Å². The van der Waals surface area contributed by atoms with Gasteiger partial charge in [-0.25, -0.2) is 9.50 Å². The molecule has 0 fully saturated rings. The quantitative estimate of drug-likeness (QED) is 0.576. The molecular formula is C20H21BrN4O3. The van der Waals surface area contributed by atoms with E-state index in [2.05, 4.69) is 34.8 Å². The highest BCUT2D eigenvalue weighted by Gasteiger charge is 2.41. The molecule has 3 aromatic rings. The number of carbonyl (C=O) groups excluding carboxylic acids is 1. The first-order valence-corrected chi connectivity index (χ1v) is 9.66. The molecule has 0 saturated carbocycles. The molecule has 3 heterocycles. The molecule has 8 heteroatoms. The van der Waals surface area contributed by atoms with Crippen molar-refractivity contribution in [1.29, 1.82) is 0 Å². The Morgan fingerprint density at radius 1 is 1.21 bits per heavy atom. The van der Waals surface area contributed by atoms with Crippen LogP contribution in [0.1, 0.15) is 36.7 Å². The van der Waals surface area contributed by atoms with Crippen molar-refractivity contribution in [2.45, 2.75) is 31.8 Å². The second-order valence-electron chi connectivity index (χ2n) is 7.45. The van der Waals surface area contributed by atoms with E-state index in [0.717, 1.165) is 33.4 Å². The third-order valence-electron chi connectivity index (χ3n) is 5.23. The summed E-state index contributed by atoms with van der Waals surface area (Å²) in [5.74, 6) is 1.30. The summed E-state index contributed by atoms with van der Waals surface area (Å²) in [6.45, 7) is 4.11. The van der Waals surface area contributed by atoms with Crippen LogP contribution in [-0.4, -0.2) is 45.7 Å². The number of hydrogen-bond acceptors (Lipinski definition) is 5. The Balaban J connectivity index is 1.96. The first kappa shape index (κ1) is 18.7. The highest BCUT2D eigenvalue weighted by molar-refractivity contribution is 9.10. The Hall–Kier alpha value is -2.61. The van der Waals surface area contributed by atoms with Crippen LogP contribution in [-0.2, 0) is 11.2 Å². The lowest BCUT2D eigenvalue weighted by atomic mass is 9.80. The lowest BCUT2D eigenvalue weighted by Crippen LogP contribution is -2.50. The normalized spacial score (nSPS) is 18.0. The fourth-order valence-electron chi connectivity index (χ4n) is 3.91. The van der Waals surface area contributed by atoms with Crippen LogP contribution in [0.5, 0.6) is 11.5 Å². The maximum absolute atomic E-state index is 12.1. The molecule has 4 rings (SSSR count). The summed E-state index contributed by atoms with van der Waals surface area (Å²) in [5.41, 5.74) is 3.17. The van der Waals surface area contributed by atoms with Gasteiger partial charge in [0.25, 0.3) is 0 Å². The first-order valence-electron chi connectivity index (χ1n) is 8.87. The van der Waals surface area contributed by atoms with Crippen molar-refractivity contribution in [3.05, 3.63) is 51.9 Å². The van der Waals surface area contributed by atoms with Crippen molar-refractivity contribution in [2.24, 2.45) is 0 Å². The van der Waals surface area contributed by atoms with Gasteiger partial charge < -0.3 is 14.4 Å². The van der Waals surface area contributed by atoms with Crippen molar-refractivity contribution < 1.29 is 14.3 Å². The standard InChI is InChI=1S/C20H21BrN4O3/c1-20(2)8-12-5-16(27-3)17(28-4)6-14(12)19(24(20)11-26)15-7-18-22-9-13(21)10-25(18)23-15/h5-7,9-11,19H,8H2,1-4H3. The minimum absolute atomic E-state index is 0.350. The van der Waals surface area contributed by atoms with E-state index >= 15 is 0 Å². The zero-order chi connectivity index (χ0) is 20.1. The molecular weight excluding hydrogens is 424 g/mol. The summed E-state index contributed by atoms with van der Waals surface area (Å²) in [6, 6.07) is 5.50. The number of carbonyl (C=O) groups is 1. The number of fused-ring (bicyclic) bond motifs is 2. The van der Waals surface area contributed by atoms with Crippen LogP contribution in [0.4, 0.5) is 0 Å². The minimum atomic E-state index is -0.386. The molecule has 2 aromatic heterocycles. The van der Waals surface area contributed by atoms with E-state index in [1.54, 1.807) is 24.9 Å². The third-order valence-corrected chi connectivity index (χ3v) is 5.64. The number of ether oxygens (including phenoxy) is 2. The van der Waals surface area contributed by atoms with E-state index in [4.69, 9.17) is 14.6 Å². The SMILES string of the molecule is COc1cc2c(cc1OC)C(c1cc3ncc(Br)cn3n1)N(C=O)C(C)(C)C2. The van der Waals surface area contributed by atoms with E-state index in [1.165, 1.54) is 0 Å². The fraction of sp³-hybridized carbons (Fsp3) is 0.350. The summed E-state index contributed by atoms with van der Waals surface area (Å²) in [6.07, 6.45) is 5.18. The number of halogens is 1. The second kappa shape index (κ2) is 6.77. The van der Waals surface area contributed by atoms with Gasteiger partial charge >= 0.3 is 0 Å². The lowest BCUT2D eigenvalue weighted by molar-refractivity contribution is -0.125. The van der Waals surface area contributed by atoms with Gasteiger partial charge in [-0.2, -0.15) is 5.10 Å². The minimum Gasteiger partial charge on any atom is -0.493 e. The number of benzene rings is 1. The Morgan fingerprint density at radius 3 is 2.61 bits per heavy atom. The smallest absolute Gasteiger partial charge is 0.210 e. The highest BCUT2D eigenvalue weighted by atomic mass is 79.9. The molecule has 0 radical (unpaired) electrons. The van der Waals surface area contributed by atoms with Gasteiger partial charge in [0.2, 0.25) is 6.41 Å².